The van der Waals surface area contributed by atoms with E-state index in [9.17, 15) is 35.5 Å². The zero-order valence-electron chi connectivity index (χ0n) is 27.6. The normalized spacial score (nSPS) is 16.5. The molecule has 6 rings (SSSR count). The average Bonchev–Trinajstić information content (AvgIpc) is 3.56. The van der Waals surface area contributed by atoms with Gasteiger partial charge in [-0.05, 0) is 110 Å². The molecule has 4 aromatic rings. The summed E-state index contributed by atoms with van der Waals surface area (Å²) in [6, 6.07) is 24.5. The average molecular weight is 743 g/mol. The second-order valence-corrected chi connectivity index (χ2v) is 14.3. The highest BCUT2D eigenvalue weighted by Gasteiger charge is 2.30. The topological polar surface area (TPSA) is 193 Å². The highest BCUT2D eigenvalue weighted by atomic mass is 32.2. The van der Waals surface area contributed by atoms with Crippen molar-refractivity contribution in [3.63, 3.8) is 0 Å². The van der Waals surface area contributed by atoms with Gasteiger partial charge in [-0.3, -0.25) is 18.7 Å². The fourth-order valence-corrected chi connectivity index (χ4v) is 6.17. The Morgan fingerprint density at radius 3 is 1.19 bits per heavy atom. The molecule has 4 aromatic carbocycles. The smallest absolute Gasteiger partial charge is 0.294 e. The molecule has 0 saturated carbocycles. The summed E-state index contributed by atoms with van der Waals surface area (Å²) in [5, 5.41) is 10.9. The second-order valence-electron chi connectivity index (χ2n) is 11.5. The van der Waals surface area contributed by atoms with Gasteiger partial charge in [-0.1, -0.05) is 24.3 Å². The number of anilines is 2. The van der Waals surface area contributed by atoms with Crippen molar-refractivity contribution in [3.8, 4) is 11.5 Å². The van der Waals surface area contributed by atoms with Crippen molar-refractivity contribution >= 4 is 67.0 Å². The van der Waals surface area contributed by atoms with Crippen LogP contribution in [0.2, 0.25) is 0 Å². The van der Waals surface area contributed by atoms with Crippen LogP contribution in [-0.4, -0.2) is 62.4 Å². The van der Waals surface area contributed by atoms with E-state index >= 15 is 0 Å². The van der Waals surface area contributed by atoms with E-state index in [1.807, 2.05) is 0 Å². The maximum absolute atomic E-state index is 13.1. The number of hydrazone groups is 2. The van der Waals surface area contributed by atoms with Crippen LogP contribution in [-0.2, 0) is 29.8 Å². The number of benzene rings is 4. The first kappa shape index (κ1) is 35.9. The summed E-state index contributed by atoms with van der Waals surface area (Å²) in [6.45, 7) is 3.90. The van der Waals surface area contributed by atoms with E-state index in [4.69, 9.17) is 9.47 Å². The Morgan fingerprint density at radius 2 is 0.885 bits per heavy atom. The zero-order chi connectivity index (χ0) is 37.2. The number of amides is 2. The maximum atomic E-state index is 13.1. The molecule has 0 bridgehead atoms. The number of rotatable bonds is 11. The van der Waals surface area contributed by atoms with E-state index < -0.39 is 20.2 Å². The molecule has 0 aliphatic carbocycles. The molecule has 2 aliphatic rings. The lowest BCUT2D eigenvalue weighted by molar-refractivity contribution is -0.115. The molecule has 52 heavy (non-hydrogen) atoms. The molecule has 0 saturated heterocycles. The predicted molar refractivity (Wildman–Crippen MR) is 194 cm³/mol. The fraction of sp³-hybridized carbons (Fsp3) is 0.111. The van der Waals surface area contributed by atoms with Gasteiger partial charge in [0.2, 0.25) is 0 Å². The molecule has 0 radical (unpaired) electrons. The monoisotopic (exact) mass is 742 g/mol. The minimum atomic E-state index is -4.36. The SMILES string of the molecule is CC1=NN(c2ccc(S(=O)(=O)O)cc2)C(=O)C1=Cc1ccc(OCCOc2ccc(/C=C3\C(=O)N(c4ccc(S(=O)(=O)O)cc4)N=C3C)cc2)cc1. The molecular formula is C36H30N4O10S2. The van der Waals surface area contributed by atoms with Crippen molar-refractivity contribution < 1.29 is 45.0 Å². The lowest BCUT2D eigenvalue weighted by Crippen LogP contribution is -2.21. The number of carbonyl (C=O) groups excluding carboxylic acids is 2. The molecule has 0 unspecified atom stereocenters. The minimum absolute atomic E-state index is 0.257. The lowest BCUT2D eigenvalue weighted by Gasteiger charge is -2.12. The first-order valence-electron chi connectivity index (χ1n) is 15.5. The summed E-state index contributed by atoms with van der Waals surface area (Å²) >= 11 is 0. The fourth-order valence-electron chi connectivity index (χ4n) is 5.21. The number of hydrogen-bond acceptors (Lipinski definition) is 10. The number of carbonyl (C=O) groups is 2. The molecule has 14 nitrogen and oxygen atoms in total. The molecule has 0 aromatic heterocycles. The van der Waals surface area contributed by atoms with Gasteiger partial charge in [0.15, 0.2) is 0 Å². The van der Waals surface area contributed by atoms with Gasteiger partial charge >= 0.3 is 0 Å². The predicted octanol–water partition coefficient (Wildman–Crippen LogP) is 5.25. The van der Waals surface area contributed by atoms with Crippen LogP contribution in [0.1, 0.15) is 25.0 Å². The van der Waals surface area contributed by atoms with Crippen LogP contribution < -0.4 is 19.5 Å². The maximum Gasteiger partial charge on any atom is 0.294 e. The van der Waals surface area contributed by atoms with E-state index in [1.165, 1.54) is 58.5 Å². The van der Waals surface area contributed by atoms with Crippen LogP contribution in [0.5, 0.6) is 11.5 Å². The van der Waals surface area contributed by atoms with Crippen molar-refractivity contribution in [2.45, 2.75) is 23.6 Å². The summed E-state index contributed by atoms with van der Waals surface area (Å²) in [5.41, 5.74) is 3.89. The van der Waals surface area contributed by atoms with Gasteiger partial charge in [-0.15, -0.1) is 0 Å². The van der Waals surface area contributed by atoms with Crippen LogP contribution in [0.15, 0.2) is 128 Å². The lowest BCUT2D eigenvalue weighted by atomic mass is 10.1. The summed E-state index contributed by atoms with van der Waals surface area (Å²) in [5.74, 6) is 0.424. The van der Waals surface area contributed by atoms with E-state index in [-0.39, 0.29) is 34.8 Å². The van der Waals surface area contributed by atoms with E-state index in [0.29, 0.717) is 45.4 Å². The third-order valence-corrected chi connectivity index (χ3v) is 9.62. The van der Waals surface area contributed by atoms with Crippen LogP contribution >= 0.6 is 0 Å². The Labute approximate surface area is 299 Å². The largest absolute Gasteiger partial charge is 0.490 e. The van der Waals surface area contributed by atoms with Crippen LogP contribution in [0.3, 0.4) is 0 Å². The Hall–Kier alpha value is -5.94. The summed E-state index contributed by atoms with van der Waals surface area (Å²) in [7, 11) is -8.72. The molecule has 266 valence electrons. The minimum Gasteiger partial charge on any atom is -0.490 e. The highest BCUT2D eigenvalue weighted by Crippen LogP contribution is 2.28. The summed E-state index contributed by atoms with van der Waals surface area (Å²) < 4.78 is 75.3. The first-order valence-corrected chi connectivity index (χ1v) is 18.4. The Balaban J connectivity index is 0.990. The molecule has 0 fully saturated rings. The van der Waals surface area contributed by atoms with Gasteiger partial charge in [0.05, 0.1) is 43.7 Å². The van der Waals surface area contributed by atoms with E-state index in [1.54, 1.807) is 74.5 Å². The molecule has 2 amide bonds. The number of hydrogen-bond donors (Lipinski definition) is 2. The summed E-state index contributed by atoms with van der Waals surface area (Å²) in [4.78, 5) is 25.6. The first-order chi connectivity index (χ1) is 24.7. The molecule has 0 spiro atoms. The highest BCUT2D eigenvalue weighted by molar-refractivity contribution is 7.86. The third-order valence-electron chi connectivity index (χ3n) is 7.89. The molecule has 2 heterocycles. The standard InChI is InChI=1S/C36H30N4O10S2/c1-23-33(35(41)39(37-23)27-7-15-31(16-8-27)51(43,44)45)21-25-3-11-29(12-4-25)49-19-20-50-30-13-5-26(6-14-30)22-34-24(2)38-40(36(34)42)28-9-17-32(18-10-28)52(46,47)48/h3-18,21-22H,19-20H2,1-2H3,(H,43,44,45)(H,46,47,48)/b33-21-,34-22?. The van der Waals surface area contributed by atoms with Gasteiger partial charge in [0, 0.05) is 0 Å². The van der Waals surface area contributed by atoms with E-state index in [2.05, 4.69) is 10.2 Å². The van der Waals surface area contributed by atoms with Gasteiger partial charge in [-0.2, -0.15) is 37.1 Å². The molecule has 16 heteroatoms. The van der Waals surface area contributed by atoms with Crippen molar-refractivity contribution in [3.05, 3.63) is 119 Å². The van der Waals surface area contributed by atoms with Gasteiger partial charge < -0.3 is 9.47 Å². The van der Waals surface area contributed by atoms with Gasteiger partial charge in [0.1, 0.15) is 24.7 Å². The summed E-state index contributed by atoms with van der Waals surface area (Å²) in [6.07, 6.45) is 3.39. The van der Waals surface area contributed by atoms with Crippen molar-refractivity contribution in [2.24, 2.45) is 10.2 Å². The van der Waals surface area contributed by atoms with Gasteiger partial charge in [0.25, 0.3) is 32.1 Å². The number of ether oxygens (including phenoxy) is 2. The van der Waals surface area contributed by atoms with Crippen molar-refractivity contribution in [1.29, 1.82) is 0 Å². The third kappa shape index (κ3) is 8.00. The van der Waals surface area contributed by atoms with Crippen LogP contribution in [0, 0.1) is 0 Å². The van der Waals surface area contributed by atoms with Crippen LogP contribution in [0.4, 0.5) is 11.4 Å². The zero-order valence-corrected chi connectivity index (χ0v) is 29.2. The molecule has 0 atom stereocenters. The Morgan fingerprint density at radius 1 is 0.558 bits per heavy atom. The molecule has 2 N–H and O–H groups in total. The Kier molecular flexibility index (Phi) is 9.90. The van der Waals surface area contributed by atoms with Crippen molar-refractivity contribution in [1.82, 2.24) is 0 Å². The molecular weight excluding hydrogens is 713 g/mol. The Bertz CT molecular complexity index is 2220. The number of nitrogens with zero attached hydrogens (tertiary/aromatic N) is 4. The molecule has 2 aliphatic heterocycles. The quantitative estimate of drug-likeness (QED) is 0.117. The van der Waals surface area contributed by atoms with E-state index in [0.717, 1.165) is 11.1 Å². The van der Waals surface area contributed by atoms with Crippen LogP contribution in [0.25, 0.3) is 12.2 Å². The second kappa shape index (κ2) is 14.4. The van der Waals surface area contributed by atoms with Crippen molar-refractivity contribution in [2.75, 3.05) is 23.2 Å². The van der Waals surface area contributed by atoms with Gasteiger partial charge in [-0.25, -0.2) is 0 Å².